The highest BCUT2D eigenvalue weighted by atomic mass is 16.6. The Morgan fingerprint density at radius 1 is 1.25 bits per heavy atom. The van der Waals surface area contributed by atoms with Crippen LogP contribution >= 0.6 is 0 Å². The standard InChI is InChI=1S/C13H20N4O3/c1-3-20-13(19)17-8-6-16(7-9-17)12(18)10-11-14-4-5-15(11)2/h4-5H,3,6-10H2,1-2H3. The number of ether oxygens (including phenoxy) is 1. The van der Waals surface area contributed by atoms with Crippen LogP contribution in [0.3, 0.4) is 0 Å². The minimum Gasteiger partial charge on any atom is -0.450 e. The number of carbonyl (C=O) groups excluding carboxylic acids is 2. The van der Waals surface area contributed by atoms with E-state index in [9.17, 15) is 9.59 Å². The summed E-state index contributed by atoms with van der Waals surface area (Å²) in [6.45, 7) is 4.28. The summed E-state index contributed by atoms with van der Waals surface area (Å²) >= 11 is 0. The van der Waals surface area contributed by atoms with Crippen LogP contribution in [0.15, 0.2) is 12.4 Å². The van der Waals surface area contributed by atoms with E-state index < -0.39 is 0 Å². The van der Waals surface area contributed by atoms with Gasteiger partial charge in [0.1, 0.15) is 5.82 Å². The predicted octanol–water partition coefficient (Wildman–Crippen LogP) is 0.263. The third-order valence-electron chi connectivity index (χ3n) is 3.39. The van der Waals surface area contributed by atoms with Gasteiger partial charge in [-0.1, -0.05) is 0 Å². The number of imidazole rings is 1. The molecule has 1 aliphatic rings. The summed E-state index contributed by atoms with van der Waals surface area (Å²) in [6.07, 6.45) is 3.50. The van der Waals surface area contributed by atoms with Gasteiger partial charge >= 0.3 is 6.09 Å². The normalized spacial score (nSPS) is 15.3. The minimum absolute atomic E-state index is 0.0443. The molecule has 0 spiro atoms. The van der Waals surface area contributed by atoms with E-state index in [0.717, 1.165) is 5.82 Å². The second-order valence-corrected chi connectivity index (χ2v) is 4.70. The molecule has 1 aromatic rings. The Kier molecular flexibility index (Phi) is 4.60. The smallest absolute Gasteiger partial charge is 0.409 e. The maximum Gasteiger partial charge on any atom is 0.409 e. The number of nitrogens with zero attached hydrogens (tertiary/aromatic N) is 4. The van der Waals surface area contributed by atoms with Crippen molar-refractivity contribution >= 4 is 12.0 Å². The molecule has 0 radical (unpaired) electrons. The highest BCUT2D eigenvalue weighted by molar-refractivity contribution is 5.78. The summed E-state index contributed by atoms with van der Waals surface area (Å²) < 4.78 is 6.79. The van der Waals surface area contributed by atoms with E-state index in [-0.39, 0.29) is 12.0 Å². The van der Waals surface area contributed by atoms with Crippen LogP contribution in [0.2, 0.25) is 0 Å². The molecule has 1 aromatic heterocycles. The zero-order valence-electron chi connectivity index (χ0n) is 11.9. The van der Waals surface area contributed by atoms with Gasteiger partial charge in [0.15, 0.2) is 0 Å². The molecule has 1 fully saturated rings. The highest BCUT2D eigenvalue weighted by Gasteiger charge is 2.25. The van der Waals surface area contributed by atoms with Crippen LogP contribution in [0, 0.1) is 0 Å². The third kappa shape index (κ3) is 3.28. The van der Waals surface area contributed by atoms with Crippen molar-refractivity contribution in [3.8, 4) is 0 Å². The minimum atomic E-state index is -0.302. The lowest BCUT2D eigenvalue weighted by Gasteiger charge is -2.34. The molecule has 1 aliphatic heterocycles. The second kappa shape index (κ2) is 6.40. The molecule has 20 heavy (non-hydrogen) atoms. The van der Waals surface area contributed by atoms with Crippen LogP contribution < -0.4 is 0 Å². The van der Waals surface area contributed by atoms with Crippen LogP contribution in [-0.4, -0.2) is 64.1 Å². The summed E-state index contributed by atoms with van der Waals surface area (Å²) in [5, 5.41) is 0. The number of aromatic nitrogens is 2. The largest absolute Gasteiger partial charge is 0.450 e. The summed E-state index contributed by atoms with van der Waals surface area (Å²) in [7, 11) is 1.87. The molecule has 0 atom stereocenters. The van der Waals surface area contributed by atoms with Crippen LogP contribution in [0.4, 0.5) is 4.79 Å². The monoisotopic (exact) mass is 280 g/mol. The lowest BCUT2D eigenvalue weighted by atomic mass is 10.2. The molecule has 0 unspecified atom stereocenters. The first-order valence-corrected chi connectivity index (χ1v) is 6.77. The molecular weight excluding hydrogens is 260 g/mol. The molecule has 0 aliphatic carbocycles. The van der Waals surface area contributed by atoms with Gasteiger partial charge in [0, 0.05) is 45.6 Å². The number of amides is 2. The van der Waals surface area contributed by atoms with Gasteiger partial charge < -0.3 is 19.1 Å². The molecule has 0 bridgehead atoms. The van der Waals surface area contributed by atoms with Crippen molar-refractivity contribution in [3.63, 3.8) is 0 Å². The molecule has 1 saturated heterocycles. The third-order valence-corrected chi connectivity index (χ3v) is 3.39. The molecule has 7 heteroatoms. The fraction of sp³-hybridized carbons (Fsp3) is 0.615. The number of carbonyl (C=O) groups is 2. The van der Waals surface area contributed by atoms with Gasteiger partial charge in [-0.2, -0.15) is 0 Å². The van der Waals surface area contributed by atoms with Crippen molar-refractivity contribution in [2.45, 2.75) is 13.3 Å². The van der Waals surface area contributed by atoms with E-state index in [0.29, 0.717) is 39.2 Å². The quantitative estimate of drug-likeness (QED) is 0.796. The van der Waals surface area contributed by atoms with Gasteiger partial charge in [0.05, 0.1) is 13.0 Å². The zero-order valence-corrected chi connectivity index (χ0v) is 11.9. The van der Waals surface area contributed by atoms with Crippen molar-refractivity contribution < 1.29 is 14.3 Å². The predicted molar refractivity (Wildman–Crippen MR) is 72.1 cm³/mol. The van der Waals surface area contributed by atoms with Crippen molar-refractivity contribution in [3.05, 3.63) is 18.2 Å². The van der Waals surface area contributed by atoms with Crippen LogP contribution in [-0.2, 0) is 23.0 Å². The maximum absolute atomic E-state index is 12.2. The number of hydrogen-bond donors (Lipinski definition) is 0. The van der Waals surface area contributed by atoms with E-state index in [1.54, 1.807) is 22.9 Å². The molecule has 0 aromatic carbocycles. The lowest BCUT2D eigenvalue weighted by molar-refractivity contribution is -0.132. The molecule has 0 saturated carbocycles. The van der Waals surface area contributed by atoms with E-state index in [4.69, 9.17) is 4.74 Å². The van der Waals surface area contributed by atoms with Crippen molar-refractivity contribution in [2.75, 3.05) is 32.8 Å². The first-order valence-electron chi connectivity index (χ1n) is 6.77. The van der Waals surface area contributed by atoms with Gasteiger partial charge in [0.25, 0.3) is 0 Å². The van der Waals surface area contributed by atoms with Gasteiger partial charge in [-0.3, -0.25) is 4.79 Å². The van der Waals surface area contributed by atoms with Crippen LogP contribution in [0.1, 0.15) is 12.7 Å². The zero-order chi connectivity index (χ0) is 14.5. The summed E-state index contributed by atoms with van der Waals surface area (Å²) in [5.74, 6) is 0.797. The van der Waals surface area contributed by atoms with Crippen molar-refractivity contribution in [2.24, 2.45) is 7.05 Å². The Labute approximate surface area is 118 Å². The summed E-state index contributed by atoms with van der Waals surface area (Å²) in [5.41, 5.74) is 0. The molecule has 0 N–H and O–H groups in total. The second-order valence-electron chi connectivity index (χ2n) is 4.70. The average Bonchev–Trinajstić information content (AvgIpc) is 2.85. The first kappa shape index (κ1) is 14.4. The Hall–Kier alpha value is -2.05. The van der Waals surface area contributed by atoms with Crippen molar-refractivity contribution in [1.82, 2.24) is 19.4 Å². The first-order chi connectivity index (χ1) is 9.61. The van der Waals surface area contributed by atoms with Gasteiger partial charge in [-0.25, -0.2) is 9.78 Å². The summed E-state index contributed by atoms with van der Waals surface area (Å²) in [6, 6.07) is 0. The SMILES string of the molecule is CCOC(=O)N1CCN(C(=O)Cc2nccn2C)CC1. The fourth-order valence-electron chi connectivity index (χ4n) is 2.17. The fourth-order valence-corrected chi connectivity index (χ4v) is 2.17. The molecular formula is C13H20N4O3. The van der Waals surface area contributed by atoms with Crippen LogP contribution in [0.5, 0.6) is 0 Å². The Bertz CT molecular complexity index is 478. The number of aryl methyl sites for hydroxylation is 1. The van der Waals surface area contributed by atoms with Crippen molar-refractivity contribution in [1.29, 1.82) is 0 Å². The van der Waals surface area contributed by atoms with E-state index in [1.165, 1.54) is 0 Å². The van der Waals surface area contributed by atoms with E-state index in [1.807, 2.05) is 17.8 Å². The molecule has 7 nitrogen and oxygen atoms in total. The Morgan fingerprint density at radius 3 is 2.45 bits per heavy atom. The van der Waals surface area contributed by atoms with E-state index >= 15 is 0 Å². The number of piperazine rings is 1. The van der Waals surface area contributed by atoms with Crippen LogP contribution in [0.25, 0.3) is 0 Å². The van der Waals surface area contributed by atoms with Gasteiger partial charge in [0.2, 0.25) is 5.91 Å². The van der Waals surface area contributed by atoms with E-state index in [2.05, 4.69) is 4.98 Å². The van der Waals surface area contributed by atoms with Gasteiger partial charge in [-0.05, 0) is 6.92 Å². The van der Waals surface area contributed by atoms with Gasteiger partial charge in [-0.15, -0.1) is 0 Å². The molecule has 2 heterocycles. The Balaban J connectivity index is 1.83. The molecule has 110 valence electrons. The maximum atomic E-state index is 12.2. The molecule has 2 amide bonds. The molecule has 2 rings (SSSR count). The number of rotatable bonds is 3. The number of hydrogen-bond acceptors (Lipinski definition) is 4. The lowest BCUT2D eigenvalue weighted by Crippen LogP contribution is -2.51. The highest BCUT2D eigenvalue weighted by Crippen LogP contribution is 2.07. The average molecular weight is 280 g/mol. The summed E-state index contributed by atoms with van der Waals surface area (Å²) in [4.78, 5) is 31.3. The Morgan fingerprint density at radius 2 is 1.90 bits per heavy atom. The topological polar surface area (TPSA) is 67.7 Å².